The predicted octanol–water partition coefficient (Wildman–Crippen LogP) is 4.63. The summed E-state index contributed by atoms with van der Waals surface area (Å²) >= 11 is 1.23. The minimum Gasteiger partial charge on any atom is -0.507 e. The second kappa shape index (κ2) is 12.6. The van der Waals surface area contributed by atoms with Gasteiger partial charge in [0.25, 0.3) is 5.91 Å². The Bertz CT molecular complexity index is 1430. The molecule has 0 saturated heterocycles. The Kier molecular flexibility index (Phi) is 8.78. The highest BCUT2D eigenvalue weighted by Crippen LogP contribution is 2.30. The highest BCUT2D eigenvalue weighted by atomic mass is 32.2. The quantitative estimate of drug-likeness (QED) is 0.126. The van der Waals surface area contributed by atoms with Crippen LogP contribution in [0.2, 0.25) is 0 Å². The molecule has 0 aliphatic rings. The number of hydrogen-bond acceptors (Lipinski definition) is 8. The summed E-state index contributed by atoms with van der Waals surface area (Å²) < 4.78 is 12.4. The maximum atomic E-state index is 12.5. The highest BCUT2D eigenvalue weighted by Gasteiger charge is 2.17. The highest BCUT2D eigenvalue weighted by molar-refractivity contribution is 7.99. The number of para-hydroxylation sites is 1. The molecule has 0 aliphatic heterocycles. The largest absolute Gasteiger partial charge is 0.507 e. The summed E-state index contributed by atoms with van der Waals surface area (Å²) in [5, 5.41) is 23.6. The smallest absolute Gasteiger partial charge is 0.250 e. The number of aromatic hydroxyl groups is 1. The van der Waals surface area contributed by atoms with E-state index in [1.807, 2.05) is 65.2 Å². The average molecular weight is 530 g/mol. The molecule has 0 atom stereocenters. The van der Waals surface area contributed by atoms with Crippen LogP contribution in [0.5, 0.6) is 17.2 Å². The van der Waals surface area contributed by atoms with Gasteiger partial charge in [-0.05, 0) is 66.6 Å². The van der Waals surface area contributed by atoms with Gasteiger partial charge in [0.1, 0.15) is 17.2 Å². The Morgan fingerprint density at radius 1 is 1.05 bits per heavy atom. The third-order valence-corrected chi connectivity index (χ3v) is 6.48. The lowest BCUT2D eigenvalue weighted by atomic mass is 10.1. The van der Waals surface area contributed by atoms with E-state index in [4.69, 9.17) is 9.47 Å². The Hall–Kier alpha value is -4.57. The summed E-state index contributed by atoms with van der Waals surface area (Å²) in [6.07, 6.45) is 3.65. The molecule has 9 nitrogen and oxygen atoms in total. The first-order valence-electron chi connectivity index (χ1n) is 11.6. The zero-order valence-electron chi connectivity index (χ0n) is 21.0. The van der Waals surface area contributed by atoms with Crippen LogP contribution in [0.1, 0.15) is 11.1 Å². The topological polar surface area (TPSA) is 111 Å². The van der Waals surface area contributed by atoms with E-state index in [0.29, 0.717) is 23.0 Å². The number of thioether (sulfide) groups is 1. The first-order valence-corrected chi connectivity index (χ1v) is 12.6. The van der Waals surface area contributed by atoms with E-state index in [1.54, 1.807) is 26.4 Å². The molecule has 2 N–H and O–H groups in total. The molecule has 194 valence electrons. The Labute approximate surface area is 224 Å². The number of allylic oxidation sites excluding steroid dienone is 1. The SMILES string of the molecule is C=CCc1cccc(C=NNC(=O)CSc2nnc(-c3ccc(OC)cc3)n2-c2ccc(OC)cc2)c1O. The van der Waals surface area contributed by atoms with Gasteiger partial charge in [0.2, 0.25) is 0 Å². The van der Waals surface area contributed by atoms with E-state index in [0.717, 1.165) is 28.3 Å². The Morgan fingerprint density at radius 3 is 2.39 bits per heavy atom. The minimum absolute atomic E-state index is 0.0523. The molecule has 0 aliphatic carbocycles. The van der Waals surface area contributed by atoms with Crippen LogP contribution in [-0.2, 0) is 11.2 Å². The van der Waals surface area contributed by atoms with Crippen LogP contribution in [0.3, 0.4) is 0 Å². The molecular formula is C28H27N5O4S. The maximum absolute atomic E-state index is 12.5. The predicted molar refractivity (Wildman–Crippen MR) is 148 cm³/mol. The van der Waals surface area contributed by atoms with Crippen LogP contribution < -0.4 is 14.9 Å². The van der Waals surface area contributed by atoms with Crippen molar-refractivity contribution in [1.29, 1.82) is 0 Å². The van der Waals surface area contributed by atoms with Crippen LogP contribution in [0.4, 0.5) is 0 Å². The summed E-state index contributed by atoms with van der Waals surface area (Å²) in [6.45, 7) is 3.69. The van der Waals surface area contributed by atoms with Crippen LogP contribution >= 0.6 is 11.8 Å². The Balaban J connectivity index is 1.51. The van der Waals surface area contributed by atoms with Crippen molar-refractivity contribution in [3.8, 4) is 34.3 Å². The molecule has 10 heteroatoms. The molecule has 0 spiro atoms. The maximum Gasteiger partial charge on any atom is 0.250 e. The first-order chi connectivity index (χ1) is 18.5. The lowest BCUT2D eigenvalue weighted by molar-refractivity contribution is -0.118. The standard InChI is InChI=1S/C28H27N5O4S/c1-4-6-19-7-5-8-21(26(19)35)17-29-30-25(34)18-38-28-32-31-27(20-9-13-23(36-2)14-10-20)33(28)22-11-15-24(37-3)16-12-22/h4-5,7-17,35H,1,6,18H2,2-3H3,(H,30,34). The lowest BCUT2D eigenvalue weighted by Gasteiger charge is -2.11. The van der Waals surface area contributed by atoms with Crippen molar-refractivity contribution in [3.63, 3.8) is 0 Å². The number of carbonyl (C=O) groups is 1. The Morgan fingerprint density at radius 2 is 1.74 bits per heavy atom. The van der Waals surface area contributed by atoms with Crippen LogP contribution in [-0.4, -0.2) is 52.0 Å². The van der Waals surface area contributed by atoms with Gasteiger partial charge in [-0.15, -0.1) is 16.8 Å². The molecule has 4 aromatic rings. The molecule has 0 radical (unpaired) electrons. The van der Waals surface area contributed by atoms with E-state index in [9.17, 15) is 9.90 Å². The number of rotatable bonds is 11. The molecule has 1 aromatic heterocycles. The summed E-state index contributed by atoms with van der Waals surface area (Å²) in [5.74, 6) is 1.91. The summed E-state index contributed by atoms with van der Waals surface area (Å²) in [4.78, 5) is 12.5. The monoisotopic (exact) mass is 529 g/mol. The number of benzene rings is 3. The van der Waals surface area contributed by atoms with Gasteiger partial charge in [0, 0.05) is 16.8 Å². The van der Waals surface area contributed by atoms with Gasteiger partial charge < -0.3 is 14.6 Å². The molecule has 0 unspecified atom stereocenters. The van der Waals surface area contributed by atoms with Gasteiger partial charge in [-0.25, -0.2) is 5.43 Å². The first kappa shape index (κ1) is 26.5. The normalized spacial score (nSPS) is 10.9. The van der Waals surface area contributed by atoms with Gasteiger partial charge in [-0.2, -0.15) is 5.10 Å². The molecular weight excluding hydrogens is 502 g/mol. The summed E-state index contributed by atoms with van der Waals surface area (Å²) in [6, 6.07) is 20.3. The molecule has 1 amide bonds. The third-order valence-electron chi connectivity index (χ3n) is 5.55. The van der Waals surface area contributed by atoms with E-state index in [-0.39, 0.29) is 17.4 Å². The van der Waals surface area contributed by atoms with E-state index in [1.165, 1.54) is 18.0 Å². The lowest BCUT2D eigenvalue weighted by Crippen LogP contribution is -2.20. The number of phenols is 1. The zero-order chi connectivity index (χ0) is 26.9. The number of hydrogen-bond donors (Lipinski definition) is 2. The van der Waals surface area contributed by atoms with Gasteiger partial charge in [-0.3, -0.25) is 9.36 Å². The average Bonchev–Trinajstić information content (AvgIpc) is 3.38. The van der Waals surface area contributed by atoms with Crippen molar-refractivity contribution in [2.24, 2.45) is 5.10 Å². The number of aromatic nitrogens is 3. The molecule has 0 bridgehead atoms. The molecule has 38 heavy (non-hydrogen) atoms. The van der Waals surface area contributed by atoms with Crippen molar-refractivity contribution >= 4 is 23.9 Å². The van der Waals surface area contributed by atoms with Gasteiger partial charge >= 0.3 is 0 Å². The van der Waals surface area contributed by atoms with Crippen molar-refractivity contribution in [2.75, 3.05) is 20.0 Å². The van der Waals surface area contributed by atoms with Crippen molar-refractivity contribution in [2.45, 2.75) is 11.6 Å². The fraction of sp³-hybridized carbons (Fsp3) is 0.143. The van der Waals surface area contributed by atoms with Crippen LogP contribution in [0, 0.1) is 0 Å². The number of ether oxygens (including phenoxy) is 2. The fourth-order valence-electron chi connectivity index (χ4n) is 3.63. The number of carbonyl (C=O) groups excluding carboxylic acids is 1. The second-order valence-corrected chi connectivity index (χ2v) is 8.94. The number of amides is 1. The van der Waals surface area contributed by atoms with Crippen molar-refractivity contribution in [3.05, 3.63) is 90.5 Å². The number of methoxy groups -OCH3 is 2. The van der Waals surface area contributed by atoms with Crippen molar-refractivity contribution in [1.82, 2.24) is 20.2 Å². The van der Waals surface area contributed by atoms with Gasteiger partial charge in [0.15, 0.2) is 11.0 Å². The number of phenolic OH excluding ortho intramolecular Hbond substituents is 1. The number of nitrogens with one attached hydrogen (secondary N) is 1. The van der Waals surface area contributed by atoms with E-state index < -0.39 is 0 Å². The number of nitrogens with zero attached hydrogens (tertiary/aromatic N) is 4. The molecule has 4 rings (SSSR count). The van der Waals surface area contributed by atoms with Gasteiger partial charge in [0.05, 0.1) is 26.2 Å². The summed E-state index contributed by atoms with van der Waals surface area (Å²) in [5.41, 5.74) is 5.39. The second-order valence-electron chi connectivity index (χ2n) is 8.00. The molecule has 0 saturated carbocycles. The fourth-order valence-corrected chi connectivity index (χ4v) is 4.37. The number of hydrazone groups is 1. The van der Waals surface area contributed by atoms with Gasteiger partial charge in [-0.1, -0.05) is 30.0 Å². The zero-order valence-corrected chi connectivity index (χ0v) is 21.8. The van der Waals surface area contributed by atoms with E-state index >= 15 is 0 Å². The minimum atomic E-state index is -0.330. The third kappa shape index (κ3) is 6.22. The summed E-state index contributed by atoms with van der Waals surface area (Å²) in [7, 11) is 3.22. The molecule has 3 aromatic carbocycles. The molecule has 1 heterocycles. The van der Waals surface area contributed by atoms with Crippen LogP contribution in [0.15, 0.2) is 89.6 Å². The van der Waals surface area contributed by atoms with E-state index in [2.05, 4.69) is 27.3 Å². The van der Waals surface area contributed by atoms with Crippen molar-refractivity contribution < 1.29 is 19.4 Å². The molecule has 0 fully saturated rings. The van der Waals surface area contributed by atoms with Crippen LogP contribution in [0.25, 0.3) is 17.1 Å².